The molecule has 4 saturated carbocycles. The van der Waals surface area contributed by atoms with E-state index >= 15 is 0 Å². The number of ether oxygens (including phenoxy) is 1. The highest BCUT2D eigenvalue weighted by Gasteiger charge is 2.62. The minimum absolute atomic E-state index is 0.0529. The molecule has 7 atom stereocenters. The molecule has 0 aromatic carbocycles. The van der Waals surface area contributed by atoms with Gasteiger partial charge in [-0.1, -0.05) is 13.8 Å². The second-order valence-electron chi connectivity index (χ2n) is 9.94. The monoisotopic (exact) mass is 354 g/mol. The molecule has 0 aromatic heterocycles. The van der Waals surface area contributed by atoms with Crippen molar-refractivity contribution in [3.05, 3.63) is 0 Å². The van der Waals surface area contributed by atoms with Crippen LogP contribution in [0.3, 0.4) is 0 Å². The number of esters is 1. The van der Waals surface area contributed by atoms with Crippen LogP contribution in [0, 0.1) is 34.5 Å². The minimum atomic E-state index is -2.45. The summed E-state index contributed by atoms with van der Waals surface area (Å²) in [7, 11) is 0. The summed E-state index contributed by atoms with van der Waals surface area (Å²) in [5.74, 6) is -0.625. The van der Waals surface area contributed by atoms with E-state index in [4.69, 9.17) is 4.74 Å². The Kier molecular flexibility index (Phi) is 4.01. The van der Waals surface area contributed by atoms with E-state index in [9.17, 15) is 13.6 Å². The Labute approximate surface area is 150 Å². The fraction of sp³-hybridized carbons (Fsp3) is 0.952. The van der Waals surface area contributed by atoms with Crippen molar-refractivity contribution in [2.45, 2.75) is 90.6 Å². The molecule has 0 spiro atoms. The topological polar surface area (TPSA) is 26.3 Å². The van der Waals surface area contributed by atoms with Gasteiger partial charge in [0.25, 0.3) is 0 Å². The van der Waals surface area contributed by atoms with Gasteiger partial charge >= 0.3 is 5.97 Å². The van der Waals surface area contributed by atoms with Crippen LogP contribution in [0.15, 0.2) is 0 Å². The van der Waals surface area contributed by atoms with Crippen LogP contribution in [0.5, 0.6) is 0 Å². The number of alkyl halides is 2. The van der Waals surface area contributed by atoms with Crippen molar-refractivity contribution in [3.8, 4) is 0 Å². The molecule has 0 unspecified atom stereocenters. The van der Waals surface area contributed by atoms with E-state index < -0.39 is 5.92 Å². The Morgan fingerprint density at radius 1 is 0.920 bits per heavy atom. The molecule has 0 bridgehead atoms. The summed E-state index contributed by atoms with van der Waals surface area (Å²) in [4.78, 5) is 11.5. The van der Waals surface area contributed by atoms with Gasteiger partial charge in [0.15, 0.2) is 0 Å². The van der Waals surface area contributed by atoms with E-state index in [1.54, 1.807) is 0 Å². The first kappa shape index (κ1) is 17.7. The van der Waals surface area contributed by atoms with Gasteiger partial charge in [-0.05, 0) is 74.0 Å². The third-order valence-corrected chi connectivity index (χ3v) is 8.86. The van der Waals surface area contributed by atoms with Gasteiger partial charge in [-0.15, -0.1) is 0 Å². The molecule has 0 aliphatic heterocycles. The van der Waals surface area contributed by atoms with E-state index in [1.807, 2.05) is 0 Å². The van der Waals surface area contributed by atoms with Crippen LogP contribution in [0.1, 0.15) is 78.6 Å². The highest BCUT2D eigenvalue weighted by molar-refractivity contribution is 5.66. The highest BCUT2D eigenvalue weighted by atomic mass is 19.3. The summed E-state index contributed by atoms with van der Waals surface area (Å²) < 4.78 is 33.6. The van der Waals surface area contributed by atoms with Crippen LogP contribution in [0.4, 0.5) is 8.78 Å². The number of hydrogen-bond donors (Lipinski definition) is 0. The zero-order valence-electron chi connectivity index (χ0n) is 15.8. The molecule has 4 heteroatoms. The molecule has 4 aliphatic rings. The maximum absolute atomic E-state index is 14.0. The molecule has 0 saturated heterocycles. The molecular weight excluding hydrogens is 322 g/mol. The number of carbonyl (C=O) groups is 1. The van der Waals surface area contributed by atoms with E-state index in [2.05, 4.69) is 13.8 Å². The summed E-state index contributed by atoms with van der Waals surface area (Å²) in [5, 5.41) is 0. The van der Waals surface area contributed by atoms with Gasteiger partial charge in [-0.25, -0.2) is 8.78 Å². The number of fused-ring (bicyclic) bond motifs is 5. The molecule has 0 aromatic rings. The van der Waals surface area contributed by atoms with Crippen LogP contribution in [0.25, 0.3) is 0 Å². The number of halogens is 2. The fourth-order valence-corrected chi connectivity index (χ4v) is 7.52. The Bertz CT molecular complexity index is 562. The first-order valence-electron chi connectivity index (χ1n) is 10.2. The zero-order chi connectivity index (χ0) is 18.0. The third kappa shape index (κ3) is 2.65. The van der Waals surface area contributed by atoms with E-state index in [0.29, 0.717) is 24.2 Å². The molecule has 0 radical (unpaired) electrons. The fourth-order valence-electron chi connectivity index (χ4n) is 7.52. The smallest absolute Gasteiger partial charge is 0.302 e. The van der Waals surface area contributed by atoms with Gasteiger partial charge in [0.1, 0.15) is 6.10 Å². The lowest BCUT2D eigenvalue weighted by molar-refractivity contribution is -0.174. The van der Waals surface area contributed by atoms with Gasteiger partial charge < -0.3 is 4.74 Å². The van der Waals surface area contributed by atoms with Crippen LogP contribution in [-0.2, 0) is 9.53 Å². The standard InChI is InChI=1S/C21H32F2O2/c1-13(24)25-18-7-6-16-15-5-4-14-12-21(22,23)11-10-19(14,2)17(15)8-9-20(16,18)3/h14-18H,4-12H2,1-3H3/t14-,15-,16+,17+,18+,19-,20-/m0/s1. The highest BCUT2D eigenvalue weighted by Crippen LogP contribution is 2.67. The molecule has 4 rings (SSSR count). The molecule has 2 nitrogen and oxygen atoms in total. The Morgan fingerprint density at radius 2 is 1.64 bits per heavy atom. The van der Waals surface area contributed by atoms with Crippen molar-refractivity contribution >= 4 is 5.97 Å². The number of rotatable bonds is 1. The average molecular weight is 354 g/mol. The van der Waals surface area contributed by atoms with Crippen LogP contribution in [-0.4, -0.2) is 18.0 Å². The average Bonchev–Trinajstić information content (AvgIpc) is 2.84. The number of carbonyl (C=O) groups excluding carboxylic acids is 1. The van der Waals surface area contributed by atoms with Gasteiger partial charge in [-0.2, -0.15) is 0 Å². The maximum Gasteiger partial charge on any atom is 0.302 e. The summed E-state index contributed by atoms with van der Waals surface area (Å²) >= 11 is 0. The van der Waals surface area contributed by atoms with Crippen molar-refractivity contribution in [1.29, 1.82) is 0 Å². The minimum Gasteiger partial charge on any atom is -0.462 e. The Morgan fingerprint density at radius 3 is 2.36 bits per heavy atom. The van der Waals surface area contributed by atoms with Crippen LogP contribution in [0.2, 0.25) is 0 Å². The van der Waals surface area contributed by atoms with Gasteiger partial charge in [0.05, 0.1) is 0 Å². The number of hydrogen-bond acceptors (Lipinski definition) is 2. The van der Waals surface area contributed by atoms with Crippen molar-refractivity contribution in [1.82, 2.24) is 0 Å². The molecule has 0 N–H and O–H groups in total. The van der Waals surface area contributed by atoms with Gasteiger partial charge in [0.2, 0.25) is 5.92 Å². The zero-order valence-corrected chi connectivity index (χ0v) is 15.8. The maximum atomic E-state index is 14.0. The molecule has 25 heavy (non-hydrogen) atoms. The Balaban J connectivity index is 1.57. The quantitative estimate of drug-likeness (QED) is 0.573. The lowest BCUT2D eigenvalue weighted by Crippen LogP contribution is -2.55. The SMILES string of the molecule is CC(=O)O[C@@H]1CC[C@@H]2[C@@H]3CC[C@H]4CC(F)(F)CC[C@]4(C)[C@@H]3CC[C@@]21C. The predicted molar refractivity (Wildman–Crippen MR) is 92.2 cm³/mol. The molecular formula is C21H32F2O2. The lowest BCUT2D eigenvalue weighted by Gasteiger charge is -2.60. The Hall–Kier alpha value is -0.670. The van der Waals surface area contributed by atoms with E-state index in [1.165, 1.54) is 6.92 Å². The van der Waals surface area contributed by atoms with Crippen molar-refractivity contribution in [2.75, 3.05) is 0 Å². The first-order valence-corrected chi connectivity index (χ1v) is 10.2. The molecule has 4 fully saturated rings. The first-order chi connectivity index (χ1) is 11.7. The summed E-state index contributed by atoms with van der Waals surface area (Å²) in [6.07, 6.45) is 7.26. The second-order valence-corrected chi connectivity index (χ2v) is 9.94. The van der Waals surface area contributed by atoms with Crippen LogP contribution >= 0.6 is 0 Å². The van der Waals surface area contributed by atoms with Crippen molar-refractivity contribution in [3.63, 3.8) is 0 Å². The summed E-state index contributed by atoms with van der Waals surface area (Å²) in [5.41, 5.74) is 0.181. The molecule has 4 aliphatic carbocycles. The predicted octanol–water partition coefficient (Wildman–Crippen LogP) is 5.60. The normalized spacial score (nSPS) is 51.2. The summed E-state index contributed by atoms with van der Waals surface area (Å²) in [6.45, 7) is 6.14. The molecule has 0 heterocycles. The van der Waals surface area contributed by atoms with Gasteiger partial charge in [-0.3, -0.25) is 4.79 Å². The lowest BCUT2D eigenvalue weighted by atomic mass is 9.45. The summed E-state index contributed by atoms with van der Waals surface area (Å²) in [6, 6.07) is 0. The van der Waals surface area contributed by atoms with E-state index in [0.717, 1.165) is 38.5 Å². The van der Waals surface area contributed by atoms with Crippen LogP contribution < -0.4 is 0 Å². The van der Waals surface area contributed by atoms with Gasteiger partial charge in [0, 0.05) is 25.2 Å². The van der Waals surface area contributed by atoms with Crippen molar-refractivity contribution < 1.29 is 18.3 Å². The molecule has 142 valence electrons. The second kappa shape index (κ2) is 5.66. The van der Waals surface area contributed by atoms with E-state index in [-0.39, 0.29) is 41.7 Å². The van der Waals surface area contributed by atoms with Crippen molar-refractivity contribution in [2.24, 2.45) is 34.5 Å². The molecule has 0 amide bonds. The largest absolute Gasteiger partial charge is 0.462 e. The third-order valence-electron chi connectivity index (χ3n) is 8.86.